The summed E-state index contributed by atoms with van der Waals surface area (Å²) >= 11 is 0. The van der Waals surface area contributed by atoms with E-state index in [0.29, 0.717) is 12.5 Å². The summed E-state index contributed by atoms with van der Waals surface area (Å²) in [7, 11) is 0. The first-order valence-corrected chi connectivity index (χ1v) is 7.18. The highest BCUT2D eigenvalue weighted by molar-refractivity contribution is 4.96. The molecule has 2 aliphatic rings. The smallest absolute Gasteiger partial charge is 0.0700 e. The molecule has 0 aromatic carbocycles. The summed E-state index contributed by atoms with van der Waals surface area (Å²) in [6, 6.07) is 0. The largest absolute Gasteiger partial charge is 0.396 e. The quantitative estimate of drug-likeness (QED) is 0.690. The molecule has 1 aliphatic carbocycles. The fourth-order valence-electron chi connectivity index (χ4n) is 3.47. The van der Waals surface area contributed by atoms with Gasteiger partial charge in [-0.15, -0.1) is 0 Å². The van der Waals surface area contributed by atoms with Crippen molar-refractivity contribution in [3.8, 4) is 0 Å². The first-order chi connectivity index (χ1) is 8.51. The van der Waals surface area contributed by atoms with Gasteiger partial charge in [-0.3, -0.25) is 0 Å². The van der Waals surface area contributed by atoms with Crippen LogP contribution in [0.25, 0.3) is 0 Å². The van der Waals surface area contributed by atoms with Gasteiger partial charge in [-0.2, -0.15) is 0 Å². The molecule has 4 heteroatoms. The second-order valence-electron chi connectivity index (χ2n) is 6.66. The Hall–Kier alpha value is -0.160. The molecule has 2 rings (SSSR count). The number of likely N-dealkylation sites (tertiary alicyclic amines) is 1. The number of hydrogen-bond acceptors (Lipinski definition) is 4. The van der Waals surface area contributed by atoms with Gasteiger partial charge in [0.15, 0.2) is 0 Å². The second-order valence-corrected chi connectivity index (χ2v) is 6.66. The van der Waals surface area contributed by atoms with Crippen LogP contribution in [0, 0.1) is 11.3 Å². The van der Waals surface area contributed by atoms with Crippen LogP contribution < -0.4 is 0 Å². The van der Waals surface area contributed by atoms with Gasteiger partial charge in [0.25, 0.3) is 0 Å². The van der Waals surface area contributed by atoms with Crippen molar-refractivity contribution in [3.05, 3.63) is 0 Å². The number of rotatable bonds is 4. The highest BCUT2D eigenvalue weighted by atomic mass is 16.3. The fraction of sp³-hybridized carbons (Fsp3) is 1.00. The molecule has 0 radical (unpaired) electrons. The Morgan fingerprint density at radius 2 is 1.94 bits per heavy atom. The van der Waals surface area contributed by atoms with Crippen molar-refractivity contribution in [2.75, 3.05) is 32.8 Å². The fourth-order valence-corrected chi connectivity index (χ4v) is 3.47. The van der Waals surface area contributed by atoms with Crippen molar-refractivity contribution in [1.29, 1.82) is 0 Å². The molecule has 3 N–H and O–H groups in total. The average molecular weight is 257 g/mol. The van der Waals surface area contributed by atoms with Gasteiger partial charge in [0.1, 0.15) is 0 Å². The van der Waals surface area contributed by atoms with Crippen LogP contribution in [0.15, 0.2) is 0 Å². The van der Waals surface area contributed by atoms with E-state index in [9.17, 15) is 15.3 Å². The molecule has 0 amide bonds. The molecule has 0 spiro atoms. The van der Waals surface area contributed by atoms with Gasteiger partial charge in [0, 0.05) is 31.0 Å². The van der Waals surface area contributed by atoms with Crippen molar-refractivity contribution < 1.29 is 15.3 Å². The third-order valence-corrected chi connectivity index (χ3v) is 4.88. The summed E-state index contributed by atoms with van der Waals surface area (Å²) in [5, 5.41) is 29.3. The third-order valence-electron chi connectivity index (χ3n) is 4.88. The molecule has 0 aromatic heterocycles. The number of nitrogens with zero attached hydrogens (tertiary/aromatic N) is 1. The summed E-state index contributed by atoms with van der Waals surface area (Å²) in [4.78, 5) is 2.30. The van der Waals surface area contributed by atoms with Crippen LogP contribution in [0.4, 0.5) is 0 Å². The van der Waals surface area contributed by atoms with Crippen LogP contribution in [0.5, 0.6) is 0 Å². The lowest BCUT2D eigenvalue weighted by Crippen LogP contribution is -2.55. The maximum Gasteiger partial charge on any atom is 0.0700 e. The first kappa shape index (κ1) is 14.3. The Morgan fingerprint density at radius 1 is 1.22 bits per heavy atom. The molecular weight excluding hydrogens is 230 g/mol. The van der Waals surface area contributed by atoms with Crippen LogP contribution in [-0.4, -0.2) is 58.7 Å². The number of aliphatic hydroxyl groups is 3. The maximum absolute atomic E-state index is 10.6. The molecule has 0 bridgehead atoms. The van der Waals surface area contributed by atoms with E-state index in [1.165, 1.54) is 6.42 Å². The molecule has 0 aromatic rings. The standard InChI is InChI=1S/C14H27NO3/c1-13(10-16,11-17)9-15-7-6-14(18)5-3-2-4-12(14)8-15/h12,16-18H,2-11H2,1H3. The minimum atomic E-state index is -0.441. The van der Waals surface area contributed by atoms with E-state index >= 15 is 0 Å². The average Bonchev–Trinajstić information content (AvgIpc) is 2.39. The lowest BCUT2D eigenvalue weighted by Gasteiger charge is -2.48. The topological polar surface area (TPSA) is 63.9 Å². The van der Waals surface area contributed by atoms with Gasteiger partial charge in [-0.25, -0.2) is 0 Å². The molecule has 2 unspecified atom stereocenters. The van der Waals surface area contributed by atoms with E-state index in [2.05, 4.69) is 4.90 Å². The third kappa shape index (κ3) is 2.87. The van der Waals surface area contributed by atoms with Gasteiger partial charge in [-0.1, -0.05) is 19.8 Å². The van der Waals surface area contributed by atoms with Gasteiger partial charge in [-0.05, 0) is 19.3 Å². The molecule has 106 valence electrons. The number of fused-ring (bicyclic) bond motifs is 1. The van der Waals surface area contributed by atoms with Crippen LogP contribution in [0.2, 0.25) is 0 Å². The number of hydrogen-bond donors (Lipinski definition) is 3. The van der Waals surface area contributed by atoms with E-state index in [1.54, 1.807) is 0 Å². The maximum atomic E-state index is 10.6. The predicted octanol–water partition coefficient (Wildman–Crippen LogP) is 0.604. The summed E-state index contributed by atoms with van der Waals surface area (Å²) in [6.07, 6.45) is 5.27. The Kier molecular flexibility index (Phi) is 4.32. The SMILES string of the molecule is CC(CO)(CO)CN1CCC2(O)CCCCC2C1. The Morgan fingerprint density at radius 3 is 2.61 bits per heavy atom. The van der Waals surface area contributed by atoms with Crippen molar-refractivity contribution in [2.24, 2.45) is 11.3 Å². The molecule has 2 atom stereocenters. The normalized spacial score (nSPS) is 34.3. The van der Waals surface area contributed by atoms with Crippen LogP contribution in [0.3, 0.4) is 0 Å². The highest BCUT2D eigenvalue weighted by Crippen LogP contribution is 2.40. The van der Waals surface area contributed by atoms with E-state index in [0.717, 1.165) is 38.8 Å². The molecule has 2 fully saturated rings. The van der Waals surface area contributed by atoms with Crippen LogP contribution >= 0.6 is 0 Å². The number of piperidine rings is 1. The van der Waals surface area contributed by atoms with Crippen LogP contribution in [-0.2, 0) is 0 Å². The Balaban J connectivity index is 1.94. The Labute approximate surface area is 110 Å². The zero-order chi connectivity index (χ0) is 13.2. The van der Waals surface area contributed by atoms with Gasteiger partial charge >= 0.3 is 0 Å². The zero-order valence-corrected chi connectivity index (χ0v) is 11.4. The monoisotopic (exact) mass is 257 g/mol. The Bertz CT molecular complexity index is 280. The second kappa shape index (κ2) is 5.45. The van der Waals surface area contributed by atoms with Crippen molar-refractivity contribution >= 4 is 0 Å². The molecule has 4 nitrogen and oxygen atoms in total. The lowest BCUT2D eigenvalue weighted by molar-refractivity contribution is -0.104. The van der Waals surface area contributed by atoms with E-state index in [4.69, 9.17) is 0 Å². The highest BCUT2D eigenvalue weighted by Gasteiger charge is 2.43. The van der Waals surface area contributed by atoms with Crippen molar-refractivity contribution in [3.63, 3.8) is 0 Å². The molecule has 1 aliphatic heterocycles. The molecule has 1 saturated heterocycles. The molecular formula is C14H27NO3. The van der Waals surface area contributed by atoms with Gasteiger partial charge in [0.05, 0.1) is 18.8 Å². The van der Waals surface area contributed by atoms with Crippen LogP contribution in [0.1, 0.15) is 39.0 Å². The zero-order valence-electron chi connectivity index (χ0n) is 11.4. The molecule has 1 heterocycles. The number of aliphatic hydroxyl groups excluding tert-OH is 2. The minimum absolute atomic E-state index is 0.00886. The summed E-state index contributed by atoms with van der Waals surface area (Å²) in [5.74, 6) is 0.377. The van der Waals surface area contributed by atoms with Crippen molar-refractivity contribution in [1.82, 2.24) is 4.90 Å². The predicted molar refractivity (Wildman–Crippen MR) is 70.2 cm³/mol. The van der Waals surface area contributed by atoms with Gasteiger partial charge < -0.3 is 20.2 Å². The molecule has 1 saturated carbocycles. The van der Waals surface area contributed by atoms with Gasteiger partial charge in [0.2, 0.25) is 0 Å². The van der Waals surface area contributed by atoms with E-state index in [-0.39, 0.29) is 13.2 Å². The lowest BCUT2D eigenvalue weighted by atomic mass is 9.71. The van der Waals surface area contributed by atoms with Crippen molar-refractivity contribution in [2.45, 2.75) is 44.6 Å². The summed E-state index contributed by atoms with van der Waals surface area (Å²) in [6.45, 7) is 4.43. The van der Waals surface area contributed by atoms with E-state index in [1.807, 2.05) is 6.92 Å². The molecule has 18 heavy (non-hydrogen) atoms. The first-order valence-electron chi connectivity index (χ1n) is 7.18. The summed E-state index contributed by atoms with van der Waals surface area (Å²) in [5.41, 5.74) is -0.867. The summed E-state index contributed by atoms with van der Waals surface area (Å²) < 4.78 is 0. The minimum Gasteiger partial charge on any atom is -0.396 e. The van der Waals surface area contributed by atoms with E-state index < -0.39 is 11.0 Å².